The topological polar surface area (TPSA) is 117 Å². The number of para-hydroxylation sites is 1. The lowest BCUT2D eigenvalue weighted by atomic mass is 10.2. The SMILES string of the molecule is CC(C)(C)OC(=O)NC(COc1c(Cl)cccc1[N+](=O)[O-])C(=O)OCc1ccccc1. The van der Waals surface area contributed by atoms with Gasteiger partial charge in [-0.05, 0) is 32.4 Å². The highest BCUT2D eigenvalue weighted by Gasteiger charge is 2.28. The molecule has 0 saturated heterocycles. The number of alkyl carbamates (subject to hydrolysis) is 1. The van der Waals surface area contributed by atoms with Crippen molar-refractivity contribution in [1.82, 2.24) is 5.32 Å². The minimum Gasteiger partial charge on any atom is -0.483 e. The summed E-state index contributed by atoms with van der Waals surface area (Å²) < 4.78 is 15.9. The van der Waals surface area contributed by atoms with Gasteiger partial charge in [0, 0.05) is 6.07 Å². The normalized spacial score (nSPS) is 11.9. The summed E-state index contributed by atoms with van der Waals surface area (Å²) in [5.74, 6) is -1.02. The molecular formula is C21H23ClN2O7. The summed E-state index contributed by atoms with van der Waals surface area (Å²) in [7, 11) is 0. The molecule has 1 amide bonds. The highest BCUT2D eigenvalue weighted by molar-refractivity contribution is 6.32. The Morgan fingerprint density at radius 2 is 1.81 bits per heavy atom. The van der Waals surface area contributed by atoms with Crippen molar-refractivity contribution in [3.63, 3.8) is 0 Å². The van der Waals surface area contributed by atoms with E-state index in [1.165, 1.54) is 18.2 Å². The Morgan fingerprint density at radius 1 is 1.13 bits per heavy atom. The number of nitrogens with one attached hydrogen (secondary N) is 1. The van der Waals surface area contributed by atoms with Crippen LogP contribution in [0.15, 0.2) is 48.5 Å². The number of ether oxygens (including phenoxy) is 3. The van der Waals surface area contributed by atoms with Crippen molar-refractivity contribution in [3.8, 4) is 5.75 Å². The van der Waals surface area contributed by atoms with Crippen LogP contribution in [0.25, 0.3) is 0 Å². The highest BCUT2D eigenvalue weighted by atomic mass is 35.5. The van der Waals surface area contributed by atoms with E-state index < -0.39 is 35.2 Å². The number of halogens is 1. The van der Waals surface area contributed by atoms with Gasteiger partial charge in [-0.3, -0.25) is 10.1 Å². The number of benzene rings is 2. The number of carbonyl (C=O) groups is 2. The van der Waals surface area contributed by atoms with Crippen LogP contribution in [0, 0.1) is 10.1 Å². The first kappa shape index (κ1) is 23.9. The molecule has 0 aliphatic rings. The van der Waals surface area contributed by atoms with Crippen LogP contribution in [0.2, 0.25) is 5.02 Å². The first-order chi connectivity index (χ1) is 14.6. The second kappa shape index (κ2) is 10.6. The molecule has 0 fully saturated rings. The number of nitro benzene ring substituents is 1. The van der Waals surface area contributed by atoms with Gasteiger partial charge in [0.2, 0.25) is 5.75 Å². The minimum atomic E-state index is -1.30. The van der Waals surface area contributed by atoms with Crippen LogP contribution >= 0.6 is 11.6 Å². The molecule has 0 aromatic heterocycles. The Labute approximate surface area is 184 Å². The van der Waals surface area contributed by atoms with Crippen LogP contribution in [0.3, 0.4) is 0 Å². The van der Waals surface area contributed by atoms with E-state index in [0.29, 0.717) is 0 Å². The van der Waals surface area contributed by atoms with E-state index in [0.717, 1.165) is 5.56 Å². The maximum atomic E-state index is 12.6. The smallest absolute Gasteiger partial charge is 0.408 e. The van der Waals surface area contributed by atoms with Gasteiger partial charge in [0.15, 0.2) is 6.04 Å². The van der Waals surface area contributed by atoms with Gasteiger partial charge in [0.05, 0.1) is 9.95 Å². The lowest BCUT2D eigenvalue weighted by Gasteiger charge is -2.23. The maximum absolute atomic E-state index is 12.6. The van der Waals surface area contributed by atoms with Crippen LogP contribution in [0.5, 0.6) is 5.75 Å². The molecule has 0 spiro atoms. The third-order valence-corrected chi connectivity index (χ3v) is 4.03. The number of hydrogen-bond donors (Lipinski definition) is 1. The van der Waals surface area contributed by atoms with Gasteiger partial charge in [0.1, 0.15) is 18.8 Å². The predicted molar refractivity (Wildman–Crippen MR) is 113 cm³/mol. The fourth-order valence-electron chi connectivity index (χ4n) is 2.40. The van der Waals surface area contributed by atoms with Crippen molar-refractivity contribution < 1.29 is 28.7 Å². The fourth-order valence-corrected chi connectivity index (χ4v) is 2.62. The van der Waals surface area contributed by atoms with E-state index >= 15 is 0 Å². The number of rotatable bonds is 8. The highest BCUT2D eigenvalue weighted by Crippen LogP contribution is 2.34. The molecule has 0 bridgehead atoms. The molecule has 0 aliphatic carbocycles. The molecule has 0 heterocycles. The summed E-state index contributed by atoms with van der Waals surface area (Å²) in [5.41, 5.74) is -0.430. The van der Waals surface area contributed by atoms with Gasteiger partial charge in [0.25, 0.3) is 0 Å². The van der Waals surface area contributed by atoms with Crippen LogP contribution in [0.1, 0.15) is 26.3 Å². The zero-order valence-electron chi connectivity index (χ0n) is 17.3. The molecule has 9 nitrogen and oxygen atoms in total. The quantitative estimate of drug-likeness (QED) is 0.362. The van der Waals surface area contributed by atoms with Crippen LogP contribution in [-0.4, -0.2) is 35.2 Å². The van der Waals surface area contributed by atoms with E-state index in [9.17, 15) is 19.7 Å². The number of nitro groups is 1. The fraction of sp³-hybridized carbons (Fsp3) is 0.333. The van der Waals surface area contributed by atoms with Crippen LogP contribution in [0.4, 0.5) is 10.5 Å². The van der Waals surface area contributed by atoms with Gasteiger partial charge in [-0.2, -0.15) is 0 Å². The Balaban J connectivity index is 2.14. The largest absolute Gasteiger partial charge is 0.483 e. The maximum Gasteiger partial charge on any atom is 0.408 e. The molecule has 0 saturated carbocycles. The van der Waals surface area contributed by atoms with Crippen molar-refractivity contribution in [2.45, 2.75) is 39.0 Å². The molecule has 31 heavy (non-hydrogen) atoms. The Bertz CT molecular complexity index is 929. The second-order valence-corrected chi connectivity index (χ2v) is 7.86. The summed E-state index contributed by atoms with van der Waals surface area (Å²) in [5, 5.41) is 13.6. The molecule has 1 atom stereocenters. The molecule has 10 heteroatoms. The molecule has 1 N–H and O–H groups in total. The first-order valence-corrected chi connectivity index (χ1v) is 9.70. The van der Waals surface area contributed by atoms with Gasteiger partial charge in [-0.15, -0.1) is 0 Å². The molecular weight excluding hydrogens is 428 g/mol. The third kappa shape index (κ3) is 7.78. The average Bonchev–Trinajstić information content (AvgIpc) is 2.69. The summed E-state index contributed by atoms with van der Waals surface area (Å²) in [6.45, 7) is 4.51. The van der Waals surface area contributed by atoms with Gasteiger partial charge in [-0.25, -0.2) is 9.59 Å². The summed E-state index contributed by atoms with van der Waals surface area (Å²) in [6, 6.07) is 11.7. The lowest BCUT2D eigenvalue weighted by molar-refractivity contribution is -0.385. The van der Waals surface area contributed by atoms with E-state index in [-0.39, 0.29) is 23.1 Å². The number of hydrogen-bond acceptors (Lipinski definition) is 7. The molecule has 2 aromatic rings. The molecule has 1 unspecified atom stereocenters. The van der Waals surface area contributed by atoms with Gasteiger partial charge < -0.3 is 19.5 Å². The van der Waals surface area contributed by atoms with Crippen molar-refractivity contribution in [2.75, 3.05) is 6.61 Å². The van der Waals surface area contributed by atoms with Crippen molar-refractivity contribution in [1.29, 1.82) is 0 Å². The van der Waals surface area contributed by atoms with E-state index in [4.69, 9.17) is 25.8 Å². The number of amides is 1. The van der Waals surface area contributed by atoms with Crippen molar-refractivity contribution >= 4 is 29.4 Å². The van der Waals surface area contributed by atoms with Crippen molar-refractivity contribution in [2.24, 2.45) is 0 Å². The number of carbonyl (C=O) groups excluding carboxylic acids is 2. The number of nitrogens with zero attached hydrogens (tertiary/aromatic N) is 1. The lowest BCUT2D eigenvalue weighted by Crippen LogP contribution is -2.47. The predicted octanol–water partition coefficient (Wildman–Crippen LogP) is 4.26. The second-order valence-electron chi connectivity index (χ2n) is 7.45. The Kier molecular flexibility index (Phi) is 8.21. The molecule has 0 aliphatic heterocycles. The molecule has 2 aromatic carbocycles. The van der Waals surface area contributed by atoms with Crippen LogP contribution in [-0.2, 0) is 20.9 Å². The van der Waals surface area contributed by atoms with Crippen LogP contribution < -0.4 is 10.1 Å². The average molecular weight is 451 g/mol. The van der Waals surface area contributed by atoms with Gasteiger partial charge in [-0.1, -0.05) is 48.0 Å². The zero-order chi connectivity index (χ0) is 23.0. The molecule has 166 valence electrons. The summed E-state index contributed by atoms with van der Waals surface area (Å²) in [4.78, 5) is 35.3. The van der Waals surface area contributed by atoms with Gasteiger partial charge >= 0.3 is 17.7 Å². The molecule has 0 radical (unpaired) electrons. The summed E-state index contributed by atoms with van der Waals surface area (Å²) >= 11 is 6.01. The minimum absolute atomic E-state index is 0.0112. The van der Waals surface area contributed by atoms with E-state index in [1.807, 2.05) is 6.07 Å². The standard InChI is InChI=1S/C21H23ClN2O7/c1-21(2,3)31-20(26)23-16(19(25)30-12-14-8-5-4-6-9-14)13-29-18-15(22)10-7-11-17(18)24(27)28/h4-11,16H,12-13H2,1-3H3,(H,23,26). The monoisotopic (exact) mass is 450 g/mol. The Morgan fingerprint density at radius 3 is 2.42 bits per heavy atom. The first-order valence-electron chi connectivity index (χ1n) is 9.32. The van der Waals surface area contributed by atoms with E-state index in [1.54, 1.807) is 45.0 Å². The Hall–Kier alpha value is -3.33. The van der Waals surface area contributed by atoms with Crippen molar-refractivity contribution in [3.05, 3.63) is 69.2 Å². The summed E-state index contributed by atoms with van der Waals surface area (Å²) in [6.07, 6.45) is -0.869. The molecule has 2 rings (SSSR count). The van der Waals surface area contributed by atoms with E-state index in [2.05, 4.69) is 5.32 Å². The third-order valence-electron chi connectivity index (χ3n) is 3.74. The number of esters is 1. The zero-order valence-corrected chi connectivity index (χ0v) is 18.0.